The SMILES string of the molecule is CCNC(=O)[C@@]12CCC3C(C(=O)C=C4[C@@]5(C)C=C(C#N)C(=O)[C@@](C)(O)C5CC[C@]43C)C1CC(C)(C)CC2. The summed E-state index contributed by atoms with van der Waals surface area (Å²) in [4.78, 5) is 40.7. The van der Waals surface area contributed by atoms with Crippen molar-refractivity contribution in [3.8, 4) is 6.07 Å². The maximum atomic E-state index is 14.2. The van der Waals surface area contributed by atoms with Crippen LogP contribution in [0.2, 0.25) is 0 Å². The predicted octanol–water partition coefficient (Wildman–Crippen LogP) is 4.68. The lowest BCUT2D eigenvalue weighted by atomic mass is 9.39. The van der Waals surface area contributed by atoms with Crippen molar-refractivity contribution >= 4 is 17.5 Å². The third-order valence-electron chi connectivity index (χ3n) is 11.5. The summed E-state index contributed by atoms with van der Waals surface area (Å²) in [6.45, 7) is 12.8. The van der Waals surface area contributed by atoms with Gasteiger partial charge in [0.05, 0.1) is 11.0 Å². The van der Waals surface area contributed by atoms with Crippen LogP contribution in [0.25, 0.3) is 0 Å². The van der Waals surface area contributed by atoms with E-state index in [9.17, 15) is 24.8 Å². The predicted molar refractivity (Wildman–Crippen MR) is 140 cm³/mol. The van der Waals surface area contributed by atoms with Crippen molar-refractivity contribution in [1.82, 2.24) is 5.32 Å². The van der Waals surface area contributed by atoms with E-state index in [0.29, 0.717) is 13.0 Å². The fourth-order valence-corrected chi connectivity index (χ4v) is 9.69. The molecule has 5 aliphatic rings. The summed E-state index contributed by atoms with van der Waals surface area (Å²) in [5.74, 6) is -0.832. The van der Waals surface area contributed by atoms with Gasteiger partial charge in [-0.3, -0.25) is 14.4 Å². The number of allylic oxidation sites excluding steroid dienone is 3. The van der Waals surface area contributed by atoms with Crippen LogP contribution in [0, 0.1) is 56.7 Å². The molecule has 5 rings (SSSR count). The molecule has 1 amide bonds. The highest BCUT2D eigenvalue weighted by atomic mass is 16.3. The van der Waals surface area contributed by atoms with Crippen molar-refractivity contribution in [2.24, 2.45) is 45.3 Å². The monoisotopic (exact) mass is 506 g/mol. The molecular formula is C31H42N2O4. The summed E-state index contributed by atoms with van der Waals surface area (Å²) in [5, 5.41) is 24.2. The molecule has 3 saturated carbocycles. The van der Waals surface area contributed by atoms with Crippen LogP contribution in [-0.2, 0) is 14.4 Å². The van der Waals surface area contributed by atoms with E-state index in [-0.39, 0.29) is 51.8 Å². The second-order valence-corrected chi connectivity index (χ2v) is 14.1. The van der Waals surface area contributed by atoms with Crippen molar-refractivity contribution in [2.45, 2.75) is 92.1 Å². The van der Waals surface area contributed by atoms with Crippen molar-refractivity contribution in [1.29, 1.82) is 5.26 Å². The second-order valence-electron chi connectivity index (χ2n) is 14.1. The third-order valence-corrected chi connectivity index (χ3v) is 11.5. The van der Waals surface area contributed by atoms with Crippen LogP contribution in [0.4, 0.5) is 0 Å². The van der Waals surface area contributed by atoms with Gasteiger partial charge < -0.3 is 10.4 Å². The summed E-state index contributed by atoms with van der Waals surface area (Å²) in [6, 6.07) is 2.01. The Morgan fingerprint density at radius 2 is 1.78 bits per heavy atom. The van der Waals surface area contributed by atoms with Crippen LogP contribution in [0.5, 0.6) is 0 Å². The Morgan fingerprint density at radius 1 is 1.08 bits per heavy atom. The van der Waals surface area contributed by atoms with Gasteiger partial charge in [0.25, 0.3) is 0 Å². The highest BCUT2D eigenvalue weighted by molar-refractivity contribution is 6.06. The molecular weight excluding hydrogens is 464 g/mol. The molecule has 200 valence electrons. The summed E-state index contributed by atoms with van der Waals surface area (Å²) < 4.78 is 0. The van der Waals surface area contributed by atoms with Gasteiger partial charge in [-0.05, 0) is 87.5 Å². The molecule has 6 heteroatoms. The molecule has 0 radical (unpaired) electrons. The average Bonchev–Trinajstić information content (AvgIpc) is 2.82. The normalized spacial score (nSPS) is 46.2. The first-order valence-corrected chi connectivity index (χ1v) is 14.1. The first kappa shape index (κ1) is 26.4. The number of nitrogens with one attached hydrogen (secondary N) is 1. The molecule has 0 saturated heterocycles. The van der Waals surface area contributed by atoms with Crippen LogP contribution in [0.1, 0.15) is 86.5 Å². The standard InChI is InChI=1S/C31H42N2O4/c1-7-33-26(36)31-11-8-19-24(20(31)16-27(2,3)12-13-31)21(34)14-23-28(19,4)10-9-22-29(23,5)15-18(17-32)25(35)30(22,6)37/h14-15,19-20,22,24,37H,7-13,16H2,1-6H3,(H,33,36)/t19?,20?,22?,24?,28-,29-,30-,31+/m0/s1. The van der Waals surface area contributed by atoms with Crippen molar-refractivity contribution in [2.75, 3.05) is 6.54 Å². The van der Waals surface area contributed by atoms with E-state index in [0.717, 1.165) is 44.1 Å². The number of rotatable bonds is 2. The van der Waals surface area contributed by atoms with Crippen LogP contribution >= 0.6 is 0 Å². The number of nitrogens with zero attached hydrogens (tertiary/aromatic N) is 1. The summed E-state index contributed by atoms with van der Waals surface area (Å²) >= 11 is 0. The van der Waals surface area contributed by atoms with E-state index in [1.165, 1.54) is 6.92 Å². The lowest BCUT2D eigenvalue weighted by molar-refractivity contribution is -0.163. The fraction of sp³-hybridized carbons (Fsp3) is 0.742. The maximum Gasteiger partial charge on any atom is 0.226 e. The van der Waals surface area contributed by atoms with Gasteiger partial charge in [-0.2, -0.15) is 5.26 Å². The van der Waals surface area contributed by atoms with Crippen molar-refractivity contribution < 1.29 is 19.5 Å². The van der Waals surface area contributed by atoms with E-state index in [1.54, 1.807) is 12.2 Å². The summed E-state index contributed by atoms with van der Waals surface area (Å²) in [7, 11) is 0. The van der Waals surface area contributed by atoms with Crippen molar-refractivity contribution in [3.63, 3.8) is 0 Å². The van der Waals surface area contributed by atoms with Gasteiger partial charge in [0.15, 0.2) is 5.78 Å². The Bertz CT molecular complexity index is 1170. The maximum absolute atomic E-state index is 14.2. The van der Waals surface area contributed by atoms with E-state index in [2.05, 4.69) is 26.1 Å². The molecule has 8 atom stereocenters. The smallest absolute Gasteiger partial charge is 0.226 e. The molecule has 0 aliphatic heterocycles. The van der Waals surface area contributed by atoms with Crippen LogP contribution in [0.3, 0.4) is 0 Å². The number of amides is 1. The van der Waals surface area contributed by atoms with Gasteiger partial charge in [0, 0.05) is 23.8 Å². The number of aliphatic hydroxyl groups is 1. The molecule has 0 spiro atoms. The molecule has 0 heterocycles. The Morgan fingerprint density at radius 3 is 2.43 bits per heavy atom. The van der Waals surface area contributed by atoms with Crippen LogP contribution < -0.4 is 5.32 Å². The zero-order valence-electron chi connectivity index (χ0n) is 23.2. The zero-order chi connectivity index (χ0) is 27.2. The third kappa shape index (κ3) is 3.42. The highest BCUT2D eigenvalue weighted by Crippen LogP contribution is 2.69. The molecule has 5 aliphatic carbocycles. The minimum absolute atomic E-state index is 0.00421. The number of fused-ring (bicyclic) bond motifs is 7. The van der Waals surface area contributed by atoms with E-state index >= 15 is 0 Å². The Hall–Kier alpha value is -2.26. The number of hydrogen-bond acceptors (Lipinski definition) is 5. The number of carbonyl (C=O) groups is 3. The summed E-state index contributed by atoms with van der Waals surface area (Å²) in [5.41, 5.74) is -2.18. The molecule has 3 fully saturated rings. The Balaban J connectivity index is 1.65. The quantitative estimate of drug-likeness (QED) is 0.566. The summed E-state index contributed by atoms with van der Waals surface area (Å²) in [6.07, 6.45) is 9.22. The van der Waals surface area contributed by atoms with E-state index in [1.807, 2.05) is 19.9 Å². The van der Waals surface area contributed by atoms with Crippen molar-refractivity contribution in [3.05, 3.63) is 23.3 Å². The van der Waals surface area contributed by atoms with Gasteiger partial charge >= 0.3 is 0 Å². The Kier molecular flexibility index (Phi) is 5.78. The molecule has 37 heavy (non-hydrogen) atoms. The zero-order valence-corrected chi connectivity index (χ0v) is 23.2. The molecule has 0 bridgehead atoms. The van der Waals surface area contributed by atoms with Gasteiger partial charge in [0.1, 0.15) is 11.7 Å². The minimum atomic E-state index is -1.65. The lowest BCUT2D eigenvalue weighted by Crippen LogP contribution is -2.64. The average molecular weight is 507 g/mol. The lowest BCUT2D eigenvalue weighted by Gasteiger charge is -2.64. The number of Topliss-reactive ketones (excluding diaryl/α,β-unsaturated/α-hetero) is 1. The van der Waals surface area contributed by atoms with Crippen LogP contribution in [0.15, 0.2) is 23.3 Å². The minimum Gasteiger partial charge on any atom is -0.382 e. The van der Waals surface area contributed by atoms with Gasteiger partial charge in [-0.15, -0.1) is 0 Å². The largest absolute Gasteiger partial charge is 0.382 e. The topological polar surface area (TPSA) is 107 Å². The molecule has 0 aromatic rings. The number of carbonyl (C=O) groups excluding carboxylic acids is 3. The van der Waals surface area contributed by atoms with E-state index < -0.39 is 22.2 Å². The Labute approximate surface area is 221 Å². The van der Waals surface area contributed by atoms with Crippen LogP contribution in [-0.4, -0.2) is 34.7 Å². The van der Waals surface area contributed by atoms with E-state index in [4.69, 9.17) is 0 Å². The van der Waals surface area contributed by atoms with Gasteiger partial charge in [-0.1, -0.05) is 39.3 Å². The number of nitriles is 1. The second kappa shape index (κ2) is 8.12. The fourth-order valence-electron chi connectivity index (χ4n) is 9.69. The molecule has 0 aromatic heterocycles. The molecule has 2 N–H and O–H groups in total. The number of hydrogen-bond donors (Lipinski definition) is 2. The first-order valence-electron chi connectivity index (χ1n) is 14.1. The molecule has 4 unspecified atom stereocenters. The van der Waals surface area contributed by atoms with Gasteiger partial charge in [0.2, 0.25) is 11.7 Å². The highest BCUT2D eigenvalue weighted by Gasteiger charge is 2.67. The van der Waals surface area contributed by atoms with Gasteiger partial charge in [-0.25, -0.2) is 0 Å². The molecule has 6 nitrogen and oxygen atoms in total. The number of ketones is 2. The molecule has 0 aromatic carbocycles. The first-order chi connectivity index (χ1) is 17.2.